The molecule has 2 fully saturated rings. The maximum Gasteiger partial charge on any atom is 0.309 e. The lowest BCUT2D eigenvalue weighted by Gasteiger charge is -2.26. The average molecular weight is 303 g/mol. The van der Waals surface area contributed by atoms with E-state index < -0.39 is 11.4 Å². The molecule has 5 heteroatoms. The Hall–Kier alpha value is -2.04. The SMILES string of the molecule is COc1ccc([C@@H](C)N2C[C@H](C3(C(=O)O)CC3)CC2=O)cc1. The van der Waals surface area contributed by atoms with Crippen LogP contribution < -0.4 is 4.74 Å². The lowest BCUT2D eigenvalue weighted by Crippen LogP contribution is -2.31. The van der Waals surface area contributed by atoms with E-state index in [9.17, 15) is 14.7 Å². The van der Waals surface area contributed by atoms with Crippen molar-refractivity contribution in [2.24, 2.45) is 11.3 Å². The van der Waals surface area contributed by atoms with E-state index in [4.69, 9.17) is 4.74 Å². The van der Waals surface area contributed by atoms with Gasteiger partial charge in [-0.1, -0.05) is 12.1 Å². The van der Waals surface area contributed by atoms with Crippen molar-refractivity contribution in [2.45, 2.75) is 32.2 Å². The van der Waals surface area contributed by atoms with E-state index in [1.54, 1.807) is 7.11 Å². The highest BCUT2D eigenvalue weighted by Gasteiger charge is 2.59. The van der Waals surface area contributed by atoms with Crippen molar-refractivity contribution < 1.29 is 19.4 Å². The Balaban J connectivity index is 1.74. The number of hydrogen-bond acceptors (Lipinski definition) is 3. The van der Waals surface area contributed by atoms with Gasteiger partial charge in [-0.15, -0.1) is 0 Å². The van der Waals surface area contributed by atoms with Gasteiger partial charge >= 0.3 is 5.97 Å². The van der Waals surface area contributed by atoms with Crippen LogP contribution in [0.1, 0.15) is 37.8 Å². The van der Waals surface area contributed by atoms with Crippen LogP contribution in [0.3, 0.4) is 0 Å². The second-order valence-corrected chi connectivity index (χ2v) is 6.36. The largest absolute Gasteiger partial charge is 0.497 e. The monoisotopic (exact) mass is 303 g/mol. The van der Waals surface area contributed by atoms with E-state index >= 15 is 0 Å². The molecule has 2 atom stereocenters. The molecule has 1 saturated heterocycles. The molecule has 1 N–H and O–H groups in total. The summed E-state index contributed by atoms with van der Waals surface area (Å²) < 4.78 is 5.15. The second kappa shape index (κ2) is 5.30. The van der Waals surface area contributed by atoms with Gasteiger partial charge in [-0.05, 0) is 37.5 Å². The van der Waals surface area contributed by atoms with Gasteiger partial charge < -0.3 is 14.7 Å². The highest BCUT2D eigenvalue weighted by atomic mass is 16.5. The van der Waals surface area contributed by atoms with Crippen molar-refractivity contribution in [3.8, 4) is 5.75 Å². The molecule has 0 unspecified atom stereocenters. The smallest absolute Gasteiger partial charge is 0.309 e. The zero-order valence-corrected chi connectivity index (χ0v) is 12.9. The highest BCUT2D eigenvalue weighted by molar-refractivity contribution is 5.84. The number of rotatable bonds is 5. The lowest BCUT2D eigenvalue weighted by molar-refractivity contribution is -0.145. The van der Waals surface area contributed by atoms with Crippen molar-refractivity contribution in [3.63, 3.8) is 0 Å². The zero-order valence-electron chi connectivity index (χ0n) is 12.9. The molecule has 5 nitrogen and oxygen atoms in total. The normalized spacial score (nSPS) is 24.2. The molecule has 1 aliphatic carbocycles. The summed E-state index contributed by atoms with van der Waals surface area (Å²) in [6.07, 6.45) is 1.75. The number of methoxy groups -OCH3 is 1. The van der Waals surface area contributed by atoms with Crippen LogP contribution in [0.4, 0.5) is 0 Å². The number of likely N-dealkylation sites (tertiary alicyclic amines) is 1. The molecule has 0 spiro atoms. The van der Waals surface area contributed by atoms with Crippen LogP contribution in [-0.2, 0) is 9.59 Å². The van der Waals surface area contributed by atoms with E-state index in [-0.39, 0.29) is 17.9 Å². The second-order valence-electron chi connectivity index (χ2n) is 6.36. The predicted octanol–water partition coefficient (Wildman–Crippen LogP) is 2.47. The third-order valence-corrected chi connectivity index (χ3v) is 5.22. The number of amides is 1. The Kier molecular flexibility index (Phi) is 3.59. The minimum atomic E-state index is -0.746. The average Bonchev–Trinajstić information content (AvgIpc) is 3.25. The Labute approximate surface area is 129 Å². The molecule has 0 radical (unpaired) electrons. The number of benzene rings is 1. The standard InChI is InChI=1S/C17H21NO4/c1-11(12-3-5-14(22-2)6-4-12)18-10-13(9-15(18)19)17(7-8-17)16(20)21/h3-6,11,13H,7-10H2,1-2H3,(H,20,21)/t11-,13-/m1/s1. The number of carbonyl (C=O) groups excluding carboxylic acids is 1. The Morgan fingerprint density at radius 1 is 1.36 bits per heavy atom. The van der Waals surface area contributed by atoms with Crippen LogP contribution in [0.2, 0.25) is 0 Å². The summed E-state index contributed by atoms with van der Waals surface area (Å²) in [4.78, 5) is 25.6. The molecule has 1 saturated carbocycles. The molecular formula is C17H21NO4. The van der Waals surface area contributed by atoms with Gasteiger partial charge in [-0.3, -0.25) is 9.59 Å². The molecule has 22 heavy (non-hydrogen) atoms. The quantitative estimate of drug-likeness (QED) is 0.907. The summed E-state index contributed by atoms with van der Waals surface area (Å²) in [6, 6.07) is 7.61. The first-order valence-electron chi connectivity index (χ1n) is 7.65. The zero-order chi connectivity index (χ0) is 15.9. The Bertz CT molecular complexity index is 591. The maximum atomic E-state index is 12.3. The van der Waals surface area contributed by atoms with Crippen LogP contribution in [0.25, 0.3) is 0 Å². The van der Waals surface area contributed by atoms with Gasteiger partial charge in [0.1, 0.15) is 5.75 Å². The van der Waals surface area contributed by atoms with Gasteiger partial charge in [-0.2, -0.15) is 0 Å². The number of hydrogen-bond donors (Lipinski definition) is 1. The molecule has 1 heterocycles. The summed E-state index contributed by atoms with van der Waals surface area (Å²) in [7, 11) is 1.62. The fourth-order valence-corrected chi connectivity index (χ4v) is 3.47. The van der Waals surface area contributed by atoms with E-state index in [2.05, 4.69) is 0 Å². The van der Waals surface area contributed by atoms with E-state index in [0.717, 1.165) is 11.3 Å². The van der Waals surface area contributed by atoms with Crippen molar-refractivity contribution in [2.75, 3.05) is 13.7 Å². The summed E-state index contributed by atoms with van der Waals surface area (Å²) in [6.45, 7) is 2.53. The third kappa shape index (κ3) is 2.34. The van der Waals surface area contributed by atoms with Crippen molar-refractivity contribution in [1.29, 1.82) is 0 Å². The topological polar surface area (TPSA) is 66.8 Å². The van der Waals surface area contributed by atoms with Gasteiger partial charge in [-0.25, -0.2) is 0 Å². The van der Waals surface area contributed by atoms with E-state index in [1.807, 2.05) is 36.1 Å². The highest BCUT2D eigenvalue weighted by Crippen LogP contribution is 2.55. The van der Waals surface area contributed by atoms with Crippen LogP contribution >= 0.6 is 0 Å². The van der Waals surface area contributed by atoms with E-state index in [0.29, 0.717) is 25.8 Å². The molecule has 1 amide bonds. The molecule has 3 rings (SSSR count). The Morgan fingerprint density at radius 2 is 2.00 bits per heavy atom. The molecule has 1 aromatic rings. The number of aliphatic carboxylic acids is 1. The lowest BCUT2D eigenvalue weighted by atomic mass is 9.88. The van der Waals surface area contributed by atoms with Crippen molar-refractivity contribution in [3.05, 3.63) is 29.8 Å². The van der Waals surface area contributed by atoms with Crippen molar-refractivity contribution in [1.82, 2.24) is 4.90 Å². The number of ether oxygens (including phenoxy) is 1. The van der Waals surface area contributed by atoms with Crippen LogP contribution in [0.5, 0.6) is 5.75 Å². The van der Waals surface area contributed by atoms with Gasteiger partial charge in [0.25, 0.3) is 0 Å². The van der Waals surface area contributed by atoms with Gasteiger partial charge in [0.2, 0.25) is 5.91 Å². The molecule has 118 valence electrons. The summed E-state index contributed by atoms with van der Waals surface area (Å²) in [5, 5.41) is 9.41. The summed E-state index contributed by atoms with van der Waals surface area (Å²) >= 11 is 0. The number of carboxylic acids is 1. The molecular weight excluding hydrogens is 282 g/mol. The molecule has 1 aliphatic heterocycles. The van der Waals surface area contributed by atoms with Crippen molar-refractivity contribution >= 4 is 11.9 Å². The molecule has 2 aliphatic rings. The molecule has 1 aromatic carbocycles. The van der Waals surface area contributed by atoms with Gasteiger partial charge in [0, 0.05) is 18.9 Å². The number of nitrogens with zero attached hydrogens (tertiary/aromatic N) is 1. The number of carbonyl (C=O) groups is 2. The maximum absolute atomic E-state index is 12.3. The van der Waals surface area contributed by atoms with Crippen LogP contribution in [0, 0.1) is 11.3 Å². The first-order valence-corrected chi connectivity index (χ1v) is 7.65. The van der Waals surface area contributed by atoms with Gasteiger partial charge in [0.15, 0.2) is 0 Å². The minimum Gasteiger partial charge on any atom is -0.497 e. The molecule has 0 bridgehead atoms. The Morgan fingerprint density at radius 3 is 2.50 bits per heavy atom. The molecule has 0 aromatic heterocycles. The van der Waals surface area contributed by atoms with Gasteiger partial charge in [0.05, 0.1) is 18.6 Å². The fraction of sp³-hybridized carbons (Fsp3) is 0.529. The minimum absolute atomic E-state index is 0.0481. The first kappa shape index (κ1) is 14.9. The van der Waals surface area contributed by atoms with Crippen LogP contribution in [-0.4, -0.2) is 35.5 Å². The van der Waals surface area contributed by atoms with Crippen LogP contribution in [0.15, 0.2) is 24.3 Å². The fourth-order valence-electron chi connectivity index (χ4n) is 3.47. The third-order valence-electron chi connectivity index (χ3n) is 5.22. The first-order chi connectivity index (χ1) is 10.5. The number of carboxylic acid groups (broad SMARTS) is 1. The van der Waals surface area contributed by atoms with E-state index in [1.165, 1.54) is 0 Å². The summed E-state index contributed by atoms with van der Waals surface area (Å²) in [5.74, 6) is 0.0349. The predicted molar refractivity (Wildman–Crippen MR) is 80.5 cm³/mol. The summed E-state index contributed by atoms with van der Waals surface area (Å²) in [5.41, 5.74) is 0.388.